The van der Waals surface area contributed by atoms with Gasteiger partial charge in [-0.1, -0.05) is 11.8 Å². The smallest absolute Gasteiger partial charge is 0.269 e. The van der Waals surface area contributed by atoms with Crippen LogP contribution >= 0.6 is 11.8 Å². The average Bonchev–Trinajstić information content (AvgIpc) is 2.68. The van der Waals surface area contributed by atoms with Crippen LogP contribution in [0.15, 0.2) is 34.2 Å². The second kappa shape index (κ2) is 5.41. The standard InChI is InChI=1S/C12H13N3O3S/c1-8-5-12(14(2)13-8)19-11-4-3-10(15(17)18)6-9(11)7-16/h3-6,16H,7H2,1-2H3. The Balaban J connectivity index is 2.34. The molecule has 0 radical (unpaired) electrons. The van der Waals surface area contributed by atoms with Crippen molar-refractivity contribution in [2.24, 2.45) is 7.05 Å². The molecule has 6 nitrogen and oxygen atoms in total. The number of nitro benzene ring substituents is 1. The van der Waals surface area contributed by atoms with E-state index < -0.39 is 4.92 Å². The van der Waals surface area contributed by atoms with Crippen LogP contribution in [0.1, 0.15) is 11.3 Å². The highest BCUT2D eigenvalue weighted by Gasteiger charge is 2.13. The zero-order chi connectivity index (χ0) is 14.0. The lowest BCUT2D eigenvalue weighted by molar-refractivity contribution is -0.385. The minimum absolute atomic E-state index is 0.0189. The minimum atomic E-state index is -0.470. The average molecular weight is 279 g/mol. The number of aryl methyl sites for hydroxylation is 2. The molecule has 0 fully saturated rings. The predicted molar refractivity (Wildman–Crippen MR) is 71.1 cm³/mol. The van der Waals surface area contributed by atoms with Crippen LogP contribution in [0.5, 0.6) is 0 Å². The molecule has 19 heavy (non-hydrogen) atoms. The molecule has 1 aromatic carbocycles. The molecule has 0 bridgehead atoms. The summed E-state index contributed by atoms with van der Waals surface area (Å²) < 4.78 is 1.74. The van der Waals surface area contributed by atoms with E-state index in [2.05, 4.69) is 5.10 Å². The molecule has 0 aliphatic heterocycles. The first-order valence-electron chi connectivity index (χ1n) is 5.58. The van der Waals surface area contributed by atoms with Crippen molar-refractivity contribution in [1.82, 2.24) is 9.78 Å². The lowest BCUT2D eigenvalue weighted by Crippen LogP contribution is -1.95. The van der Waals surface area contributed by atoms with E-state index in [0.717, 1.165) is 15.6 Å². The van der Waals surface area contributed by atoms with E-state index in [4.69, 9.17) is 0 Å². The molecule has 1 aromatic heterocycles. The van der Waals surface area contributed by atoms with Crippen LogP contribution in [0, 0.1) is 17.0 Å². The summed E-state index contributed by atoms with van der Waals surface area (Å²) in [6, 6.07) is 6.40. The third-order valence-electron chi connectivity index (χ3n) is 2.60. The van der Waals surface area contributed by atoms with Crippen molar-refractivity contribution in [3.63, 3.8) is 0 Å². The second-order valence-corrected chi connectivity index (χ2v) is 5.12. The highest BCUT2D eigenvalue weighted by Crippen LogP contribution is 2.32. The largest absolute Gasteiger partial charge is 0.392 e. The van der Waals surface area contributed by atoms with Gasteiger partial charge in [0, 0.05) is 24.1 Å². The monoisotopic (exact) mass is 279 g/mol. The lowest BCUT2D eigenvalue weighted by Gasteiger charge is -2.06. The number of hydrogen-bond acceptors (Lipinski definition) is 5. The molecule has 1 N–H and O–H groups in total. The van der Waals surface area contributed by atoms with Crippen molar-refractivity contribution in [2.75, 3.05) is 0 Å². The number of hydrogen-bond donors (Lipinski definition) is 1. The molecule has 0 aliphatic rings. The number of aromatic nitrogens is 2. The summed E-state index contributed by atoms with van der Waals surface area (Å²) in [5.41, 5.74) is 1.42. The minimum Gasteiger partial charge on any atom is -0.392 e. The maximum absolute atomic E-state index is 10.7. The Kier molecular flexibility index (Phi) is 3.87. The summed E-state index contributed by atoms with van der Waals surface area (Å²) in [6.45, 7) is 1.66. The fraction of sp³-hybridized carbons (Fsp3) is 0.250. The molecule has 2 rings (SSSR count). The first-order chi connectivity index (χ1) is 9.01. The fourth-order valence-corrected chi connectivity index (χ4v) is 2.72. The van der Waals surface area contributed by atoms with Gasteiger partial charge in [-0.2, -0.15) is 5.10 Å². The summed E-state index contributed by atoms with van der Waals surface area (Å²) in [5.74, 6) is 0. The predicted octanol–water partition coefficient (Wildman–Crippen LogP) is 2.28. The molecule has 0 unspecified atom stereocenters. The number of rotatable bonds is 4. The Bertz CT molecular complexity index is 625. The topological polar surface area (TPSA) is 81.2 Å². The Labute approximate surface area is 114 Å². The van der Waals surface area contributed by atoms with Gasteiger partial charge < -0.3 is 5.11 Å². The Morgan fingerprint density at radius 3 is 2.74 bits per heavy atom. The Hall–Kier alpha value is -1.86. The number of nitrogens with zero attached hydrogens (tertiary/aromatic N) is 3. The molecule has 0 saturated carbocycles. The van der Waals surface area contributed by atoms with Gasteiger partial charge in [0.15, 0.2) is 0 Å². The summed E-state index contributed by atoms with van der Waals surface area (Å²) in [4.78, 5) is 11.0. The van der Waals surface area contributed by atoms with E-state index in [0.29, 0.717) is 5.56 Å². The highest BCUT2D eigenvalue weighted by molar-refractivity contribution is 7.99. The lowest BCUT2D eigenvalue weighted by atomic mass is 10.2. The SMILES string of the molecule is Cc1cc(Sc2ccc([N+](=O)[O-])cc2CO)n(C)n1. The molecule has 0 atom stereocenters. The molecule has 100 valence electrons. The van der Waals surface area contributed by atoms with Crippen LogP contribution in [0.3, 0.4) is 0 Å². The first-order valence-corrected chi connectivity index (χ1v) is 6.39. The Morgan fingerprint density at radius 1 is 1.47 bits per heavy atom. The molecule has 0 spiro atoms. The molecular weight excluding hydrogens is 266 g/mol. The fourth-order valence-electron chi connectivity index (χ4n) is 1.70. The highest BCUT2D eigenvalue weighted by atomic mass is 32.2. The van der Waals surface area contributed by atoms with Gasteiger partial charge in [-0.15, -0.1) is 0 Å². The van der Waals surface area contributed by atoms with Crippen LogP contribution in [0.4, 0.5) is 5.69 Å². The van der Waals surface area contributed by atoms with Gasteiger partial charge >= 0.3 is 0 Å². The van der Waals surface area contributed by atoms with E-state index in [-0.39, 0.29) is 12.3 Å². The van der Waals surface area contributed by atoms with E-state index >= 15 is 0 Å². The van der Waals surface area contributed by atoms with Gasteiger partial charge in [0.05, 0.1) is 22.3 Å². The third kappa shape index (κ3) is 2.94. The van der Waals surface area contributed by atoms with Gasteiger partial charge in [0.2, 0.25) is 0 Å². The first kappa shape index (κ1) is 13.6. The normalized spacial score (nSPS) is 10.7. The third-order valence-corrected chi connectivity index (χ3v) is 3.81. The van der Waals surface area contributed by atoms with Gasteiger partial charge in [-0.3, -0.25) is 14.8 Å². The zero-order valence-corrected chi connectivity index (χ0v) is 11.3. The van der Waals surface area contributed by atoms with Crippen LogP contribution in [-0.4, -0.2) is 19.8 Å². The molecule has 0 aliphatic carbocycles. The van der Waals surface area contributed by atoms with Gasteiger partial charge in [0.1, 0.15) is 0 Å². The molecule has 0 saturated heterocycles. The molecule has 2 aromatic rings. The van der Waals surface area contributed by atoms with Crippen molar-refractivity contribution < 1.29 is 10.0 Å². The molecular formula is C12H13N3O3S. The number of nitro groups is 1. The summed E-state index contributed by atoms with van der Waals surface area (Å²) in [6.07, 6.45) is 0. The molecule has 7 heteroatoms. The second-order valence-electron chi connectivity index (χ2n) is 4.06. The zero-order valence-electron chi connectivity index (χ0n) is 10.5. The van der Waals surface area contributed by atoms with Crippen LogP contribution in [0.25, 0.3) is 0 Å². The number of non-ortho nitro benzene ring substituents is 1. The quantitative estimate of drug-likeness (QED) is 0.686. The summed E-state index contributed by atoms with van der Waals surface area (Å²) in [7, 11) is 1.83. The summed E-state index contributed by atoms with van der Waals surface area (Å²) >= 11 is 1.42. The van der Waals surface area contributed by atoms with Crippen LogP contribution in [-0.2, 0) is 13.7 Å². The van der Waals surface area contributed by atoms with Gasteiger partial charge in [-0.05, 0) is 24.6 Å². The summed E-state index contributed by atoms with van der Waals surface area (Å²) in [5, 5.41) is 25.2. The van der Waals surface area contributed by atoms with E-state index in [9.17, 15) is 15.2 Å². The van der Waals surface area contributed by atoms with Crippen molar-refractivity contribution >= 4 is 17.4 Å². The molecule has 1 heterocycles. The van der Waals surface area contributed by atoms with Crippen LogP contribution < -0.4 is 0 Å². The molecule has 0 amide bonds. The number of aliphatic hydroxyl groups is 1. The van der Waals surface area contributed by atoms with Crippen molar-refractivity contribution in [3.05, 3.63) is 45.6 Å². The van der Waals surface area contributed by atoms with Crippen molar-refractivity contribution in [2.45, 2.75) is 23.5 Å². The van der Waals surface area contributed by atoms with E-state index in [1.807, 2.05) is 20.0 Å². The Morgan fingerprint density at radius 2 is 2.21 bits per heavy atom. The van der Waals surface area contributed by atoms with Gasteiger partial charge in [-0.25, -0.2) is 0 Å². The van der Waals surface area contributed by atoms with Gasteiger partial charge in [0.25, 0.3) is 5.69 Å². The van der Waals surface area contributed by atoms with Crippen LogP contribution in [0.2, 0.25) is 0 Å². The maximum Gasteiger partial charge on any atom is 0.269 e. The maximum atomic E-state index is 10.7. The van der Waals surface area contributed by atoms with E-state index in [1.165, 1.54) is 23.9 Å². The number of aliphatic hydroxyl groups excluding tert-OH is 1. The van der Waals surface area contributed by atoms with Crippen molar-refractivity contribution in [1.29, 1.82) is 0 Å². The number of benzene rings is 1. The van der Waals surface area contributed by atoms with Crippen molar-refractivity contribution in [3.8, 4) is 0 Å². The van der Waals surface area contributed by atoms with E-state index in [1.54, 1.807) is 10.7 Å².